The Bertz CT molecular complexity index is 800. The van der Waals surface area contributed by atoms with Crippen LogP contribution < -0.4 is 5.32 Å². The van der Waals surface area contributed by atoms with Gasteiger partial charge in [-0.2, -0.15) is 0 Å². The Balaban J connectivity index is 1.98. The van der Waals surface area contributed by atoms with Gasteiger partial charge < -0.3 is 10.2 Å². The lowest BCUT2D eigenvalue weighted by Gasteiger charge is -2.42. The van der Waals surface area contributed by atoms with Gasteiger partial charge in [-0.15, -0.1) is 11.3 Å². The van der Waals surface area contributed by atoms with E-state index in [2.05, 4.69) is 35.0 Å². The van der Waals surface area contributed by atoms with Crippen LogP contribution in [0, 0.1) is 5.41 Å². The standard InChI is InChI=1S/C22H28N2O2S/c1-16(2)23-21(26)22(11-7-12-24(15-22)17(3)25)14-18-8-4-5-9-19(18)20-10-6-13-27-20/h4-6,8-10,13,16H,7,11-12,14-15H2,1-3H3,(H,23,26)/t22-/m0/s1. The van der Waals surface area contributed by atoms with E-state index in [0.29, 0.717) is 13.0 Å². The highest BCUT2D eigenvalue weighted by atomic mass is 32.1. The molecule has 1 saturated heterocycles. The number of thiophene rings is 1. The third kappa shape index (κ3) is 4.41. The van der Waals surface area contributed by atoms with Crippen molar-refractivity contribution in [2.45, 2.75) is 46.1 Å². The topological polar surface area (TPSA) is 49.4 Å². The maximum atomic E-state index is 13.3. The summed E-state index contributed by atoms with van der Waals surface area (Å²) in [5, 5.41) is 5.19. The van der Waals surface area contributed by atoms with Gasteiger partial charge in [0.15, 0.2) is 0 Å². The maximum Gasteiger partial charge on any atom is 0.228 e. The van der Waals surface area contributed by atoms with Gasteiger partial charge >= 0.3 is 0 Å². The SMILES string of the molecule is CC(=O)N1CCC[C@@](Cc2ccccc2-c2cccs2)(C(=O)NC(C)C)C1. The van der Waals surface area contributed by atoms with Crippen molar-refractivity contribution in [2.24, 2.45) is 5.41 Å². The van der Waals surface area contributed by atoms with Gasteiger partial charge in [0, 0.05) is 30.9 Å². The molecule has 0 radical (unpaired) electrons. The number of benzene rings is 1. The van der Waals surface area contributed by atoms with Gasteiger partial charge in [-0.05, 0) is 55.7 Å². The van der Waals surface area contributed by atoms with E-state index in [-0.39, 0.29) is 17.9 Å². The predicted molar refractivity (Wildman–Crippen MR) is 111 cm³/mol. The van der Waals surface area contributed by atoms with Crippen molar-refractivity contribution in [3.8, 4) is 10.4 Å². The second-order valence-corrected chi connectivity index (χ2v) is 8.71. The molecule has 0 unspecified atom stereocenters. The number of hydrogen-bond acceptors (Lipinski definition) is 3. The van der Waals surface area contributed by atoms with Crippen LogP contribution >= 0.6 is 11.3 Å². The lowest BCUT2D eigenvalue weighted by molar-refractivity contribution is -0.140. The summed E-state index contributed by atoms with van der Waals surface area (Å²) < 4.78 is 0. The molecule has 5 heteroatoms. The smallest absolute Gasteiger partial charge is 0.228 e. The van der Waals surface area contributed by atoms with Crippen LogP contribution in [0.5, 0.6) is 0 Å². The Kier molecular flexibility index (Phi) is 6.00. The van der Waals surface area contributed by atoms with Gasteiger partial charge in [-0.3, -0.25) is 9.59 Å². The van der Waals surface area contributed by atoms with Gasteiger partial charge in [-0.25, -0.2) is 0 Å². The van der Waals surface area contributed by atoms with E-state index in [0.717, 1.165) is 19.4 Å². The molecule has 1 aromatic carbocycles. The summed E-state index contributed by atoms with van der Waals surface area (Å²) in [6.45, 7) is 6.78. The van der Waals surface area contributed by atoms with Crippen LogP contribution in [0.1, 0.15) is 39.2 Å². The molecule has 1 aromatic heterocycles. The number of carbonyl (C=O) groups is 2. The molecule has 1 fully saturated rings. The fourth-order valence-electron chi connectivity index (χ4n) is 3.94. The minimum atomic E-state index is -0.582. The van der Waals surface area contributed by atoms with Crippen LogP contribution in [-0.4, -0.2) is 35.8 Å². The molecule has 27 heavy (non-hydrogen) atoms. The predicted octanol–water partition coefficient (Wildman–Crippen LogP) is 4.11. The lowest BCUT2D eigenvalue weighted by Crippen LogP contribution is -2.55. The molecule has 1 aliphatic rings. The van der Waals surface area contributed by atoms with Gasteiger partial charge in [0.1, 0.15) is 0 Å². The maximum absolute atomic E-state index is 13.3. The summed E-state index contributed by atoms with van der Waals surface area (Å²) in [6, 6.07) is 12.6. The number of rotatable bonds is 5. The third-order valence-corrected chi connectivity index (χ3v) is 6.16. The molecule has 0 saturated carbocycles. The molecule has 2 heterocycles. The molecular formula is C22H28N2O2S. The molecule has 1 aliphatic heterocycles. The van der Waals surface area contributed by atoms with Crippen LogP contribution in [0.3, 0.4) is 0 Å². The number of amides is 2. The zero-order valence-electron chi connectivity index (χ0n) is 16.3. The number of carbonyl (C=O) groups excluding carboxylic acids is 2. The summed E-state index contributed by atoms with van der Waals surface area (Å²) in [5.41, 5.74) is 1.77. The molecule has 4 nitrogen and oxygen atoms in total. The normalized spacial score (nSPS) is 19.9. The Labute approximate surface area is 165 Å². The summed E-state index contributed by atoms with van der Waals surface area (Å²) in [6.07, 6.45) is 2.30. The van der Waals surface area contributed by atoms with Gasteiger partial charge in [0.05, 0.1) is 5.41 Å². The molecule has 2 amide bonds. The fraction of sp³-hybridized carbons (Fsp3) is 0.455. The van der Waals surface area contributed by atoms with E-state index in [1.807, 2.05) is 30.9 Å². The van der Waals surface area contributed by atoms with Gasteiger partial charge in [0.25, 0.3) is 0 Å². The van der Waals surface area contributed by atoms with Crippen molar-refractivity contribution < 1.29 is 9.59 Å². The van der Waals surface area contributed by atoms with E-state index in [1.165, 1.54) is 16.0 Å². The molecule has 1 N–H and O–H groups in total. The van der Waals surface area contributed by atoms with Crippen LogP contribution in [0.4, 0.5) is 0 Å². The highest BCUT2D eigenvalue weighted by molar-refractivity contribution is 7.13. The molecule has 2 aromatic rings. The van der Waals surface area contributed by atoms with E-state index in [9.17, 15) is 9.59 Å². The summed E-state index contributed by atoms with van der Waals surface area (Å²) in [4.78, 5) is 28.3. The van der Waals surface area contributed by atoms with Crippen molar-refractivity contribution >= 4 is 23.2 Å². The number of piperidine rings is 1. The lowest BCUT2D eigenvalue weighted by atomic mass is 9.73. The summed E-state index contributed by atoms with van der Waals surface area (Å²) >= 11 is 1.71. The van der Waals surface area contributed by atoms with Crippen molar-refractivity contribution in [3.05, 3.63) is 47.3 Å². The highest BCUT2D eigenvalue weighted by Crippen LogP contribution is 2.38. The highest BCUT2D eigenvalue weighted by Gasteiger charge is 2.43. The van der Waals surface area contributed by atoms with Crippen molar-refractivity contribution in [3.63, 3.8) is 0 Å². The van der Waals surface area contributed by atoms with E-state index < -0.39 is 5.41 Å². The van der Waals surface area contributed by atoms with Crippen LogP contribution in [0.15, 0.2) is 41.8 Å². The second-order valence-electron chi connectivity index (χ2n) is 7.76. The first-order chi connectivity index (χ1) is 12.9. The van der Waals surface area contributed by atoms with Crippen molar-refractivity contribution in [2.75, 3.05) is 13.1 Å². The van der Waals surface area contributed by atoms with Gasteiger partial charge in [-0.1, -0.05) is 30.3 Å². The first-order valence-corrected chi connectivity index (χ1v) is 10.5. The first kappa shape index (κ1) is 19.6. The van der Waals surface area contributed by atoms with E-state index >= 15 is 0 Å². The molecule has 0 bridgehead atoms. The van der Waals surface area contributed by atoms with Gasteiger partial charge in [0.2, 0.25) is 11.8 Å². The molecule has 1 atom stereocenters. The Hall–Kier alpha value is -2.14. The minimum absolute atomic E-state index is 0.0444. The van der Waals surface area contributed by atoms with Crippen molar-refractivity contribution in [1.29, 1.82) is 0 Å². The molecule has 0 aliphatic carbocycles. The molecule has 144 valence electrons. The van der Waals surface area contributed by atoms with Crippen molar-refractivity contribution in [1.82, 2.24) is 10.2 Å². The average Bonchev–Trinajstić information content (AvgIpc) is 3.16. The Morgan fingerprint density at radius 1 is 1.22 bits per heavy atom. The molecular weight excluding hydrogens is 356 g/mol. The fourth-order valence-corrected chi connectivity index (χ4v) is 4.72. The summed E-state index contributed by atoms with van der Waals surface area (Å²) in [5.74, 6) is 0.104. The quantitative estimate of drug-likeness (QED) is 0.843. The molecule has 3 rings (SSSR count). The van der Waals surface area contributed by atoms with E-state index in [4.69, 9.17) is 0 Å². The Morgan fingerprint density at radius 3 is 2.67 bits per heavy atom. The van der Waals surface area contributed by atoms with Crippen LogP contribution in [-0.2, 0) is 16.0 Å². The number of likely N-dealkylation sites (tertiary alicyclic amines) is 1. The third-order valence-electron chi connectivity index (χ3n) is 5.26. The minimum Gasteiger partial charge on any atom is -0.353 e. The van der Waals surface area contributed by atoms with Crippen LogP contribution in [0.25, 0.3) is 10.4 Å². The Morgan fingerprint density at radius 2 is 2.00 bits per heavy atom. The van der Waals surface area contributed by atoms with Crippen LogP contribution in [0.2, 0.25) is 0 Å². The zero-order valence-corrected chi connectivity index (χ0v) is 17.1. The first-order valence-electron chi connectivity index (χ1n) is 9.59. The zero-order chi connectivity index (χ0) is 19.4. The largest absolute Gasteiger partial charge is 0.353 e. The number of hydrogen-bond donors (Lipinski definition) is 1. The second kappa shape index (κ2) is 8.26. The summed E-state index contributed by atoms with van der Waals surface area (Å²) in [7, 11) is 0. The average molecular weight is 385 g/mol. The number of nitrogens with one attached hydrogen (secondary N) is 1. The monoisotopic (exact) mass is 384 g/mol. The molecule has 0 spiro atoms. The number of nitrogens with zero attached hydrogens (tertiary/aromatic N) is 1. The van der Waals surface area contributed by atoms with E-state index in [1.54, 1.807) is 18.3 Å².